The van der Waals surface area contributed by atoms with Gasteiger partial charge in [0.2, 0.25) is 0 Å². The zero-order valence-electron chi connectivity index (χ0n) is 16.8. The van der Waals surface area contributed by atoms with Gasteiger partial charge >= 0.3 is 0 Å². The van der Waals surface area contributed by atoms with Gasteiger partial charge in [0.25, 0.3) is 5.56 Å². The normalized spacial score (nSPS) is 12.6. The summed E-state index contributed by atoms with van der Waals surface area (Å²) in [6.07, 6.45) is 4.13. The summed E-state index contributed by atoms with van der Waals surface area (Å²) in [6.45, 7) is 9.37. The fraction of sp³-hybridized carbons (Fsp3) is 0.391. The molecule has 3 rings (SSSR count). The van der Waals surface area contributed by atoms with Gasteiger partial charge in [-0.1, -0.05) is 57.5 Å². The molecule has 27 heavy (non-hydrogen) atoms. The number of nitrogens with zero attached hydrogens (tertiary/aromatic N) is 2. The van der Waals surface area contributed by atoms with Crippen LogP contribution < -0.4 is 10.9 Å². The molecule has 0 aliphatic carbocycles. The Bertz CT molecular complexity index is 958. The summed E-state index contributed by atoms with van der Waals surface area (Å²) in [4.78, 5) is 17.1. The molecule has 4 heteroatoms. The van der Waals surface area contributed by atoms with E-state index >= 15 is 0 Å². The minimum absolute atomic E-state index is 0.0166. The first kappa shape index (κ1) is 19.3. The Hall–Kier alpha value is -2.46. The van der Waals surface area contributed by atoms with Crippen molar-refractivity contribution in [1.29, 1.82) is 0 Å². The second kappa shape index (κ2) is 8.49. The molecule has 0 aliphatic heterocycles. The third-order valence-electron chi connectivity index (χ3n) is 5.06. The van der Waals surface area contributed by atoms with Crippen LogP contribution in [-0.4, -0.2) is 9.38 Å². The van der Waals surface area contributed by atoms with Crippen LogP contribution in [0, 0.1) is 12.8 Å². The zero-order chi connectivity index (χ0) is 19.4. The Balaban J connectivity index is 1.79. The van der Waals surface area contributed by atoms with E-state index in [0.29, 0.717) is 24.2 Å². The Kier molecular flexibility index (Phi) is 6.07. The molecule has 0 radical (unpaired) electrons. The van der Waals surface area contributed by atoms with E-state index in [0.717, 1.165) is 17.7 Å². The number of benzene rings is 1. The Morgan fingerprint density at radius 2 is 1.85 bits per heavy atom. The maximum absolute atomic E-state index is 12.4. The first-order valence-corrected chi connectivity index (χ1v) is 9.89. The van der Waals surface area contributed by atoms with E-state index in [4.69, 9.17) is 0 Å². The summed E-state index contributed by atoms with van der Waals surface area (Å²) >= 11 is 0. The standard InChI is InChI=1S/C23H29N3O/c1-5-6-18-8-10-19(11-9-18)23(16(2)3)24-14-20-13-22(27)26-15-17(4)7-12-21(26)25-20/h7-13,15-16,23-24H,5-6,14H2,1-4H3/p+1/t23-/m0/s1. The maximum atomic E-state index is 12.4. The van der Waals surface area contributed by atoms with Gasteiger partial charge in [0.1, 0.15) is 23.9 Å². The lowest BCUT2D eigenvalue weighted by atomic mass is 9.94. The van der Waals surface area contributed by atoms with Gasteiger partial charge in [0, 0.05) is 23.7 Å². The highest BCUT2D eigenvalue weighted by Gasteiger charge is 2.19. The molecule has 0 bridgehead atoms. The van der Waals surface area contributed by atoms with Gasteiger partial charge in [0.15, 0.2) is 0 Å². The SMILES string of the molecule is CCCc1ccc([C@@H]([NH2+]Cc2cc(=O)n3cc(C)ccc3n2)C(C)C)cc1. The molecule has 0 aliphatic rings. The van der Waals surface area contributed by atoms with Crippen molar-refractivity contribution in [2.24, 2.45) is 5.92 Å². The first-order valence-electron chi connectivity index (χ1n) is 9.89. The van der Waals surface area contributed by atoms with E-state index in [1.165, 1.54) is 17.5 Å². The quantitative estimate of drug-likeness (QED) is 0.698. The van der Waals surface area contributed by atoms with Crippen molar-refractivity contribution < 1.29 is 5.32 Å². The van der Waals surface area contributed by atoms with Crippen LogP contribution in [0.1, 0.15) is 55.6 Å². The molecule has 0 saturated heterocycles. The van der Waals surface area contributed by atoms with Crippen LogP contribution in [0.4, 0.5) is 0 Å². The number of hydrogen-bond donors (Lipinski definition) is 1. The molecule has 1 aromatic carbocycles. The van der Waals surface area contributed by atoms with Crippen molar-refractivity contribution in [3.05, 3.63) is 81.4 Å². The highest BCUT2D eigenvalue weighted by molar-refractivity contribution is 5.39. The monoisotopic (exact) mass is 364 g/mol. The molecule has 2 aromatic heterocycles. The highest BCUT2D eigenvalue weighted by atomic mass is 16.1. The van der Waals surface area contributed by atoms with E-state index in [-0.39, 0.29) is 5.56 Å². The smallest absolute Gasteiger partial charge is 0.258 e. The Morgan fingerprint density at radius 3 is 2.52 bits per heavy atom. The van der Waals surface area contributed by atoms with Crippen LogP contribution in [0.5, 0.6) is 0 Å². The number of fused-ring (bicyclic) bond motifs is 1. The van der Waals surface area contributed by atoms with Gasteiger partial charge in [-0.3, -0.25) is 9.20 Å². The molecule has 0 fully saturated rings. The van der Waals surface area contributed by atoms with Crippen LogP contribution >= 0.6 is 0 Å². The summed E-state index contributed by atoms with van der Waals surface area (Å²) in [6, 6.07) is 14.9. The first-order chi connectivity index (χ1) is 13.0. The fourth-order valence-corrected chi connectivity index (χ4v) is 3.60. The van der Waals surface area contributed by atoms with Crippen molar-refractivity contribution in [1.82, 2.24) is 9.38 Å². The molecule has 0 spiro atoms. The maximum Gasteiger partial charge on any atom is 0.258 e. The lowest BCUT2D eigenvalue weighted by molar-refractivity contribution is -0.717. The fourth-order valence-electron chi connectivity index (χ4n) is 3.60. The van der Waals surface area contributed by atoms with Gasteiger partial charge < -0.3 is 5.32 Å². The third-order valence-corrected chi connectivity index (χ3v) is 5.06. The molecule has 2 N–H and O–H groups in total. The summed E-state index contributed by atoms with van der Waals surface area (Å²) < 4.78 is 1.62. The van der Waals surface area contributed by atoms with E-state index in [2.05, 4.69) is 55.3 Å². The van der Waals surface area contributed by atoms with E-state index < -0.39 is 0 Å². The van der Waals surface area contributed by atoms with Crippen LogP contribution in [-0.2, 0) is 13.0 Å². The third kappa shape index (κ3) is 4.64. The number of quaternary nitrogens is 1. The number of aromatic nitrogens is 2. The second-order valence-electron chi connectivity index (χ2n) is 7.72. The highest BCUT2D eigenvalue weighted by Crippen LogP contribution is 2.19. The molecule has 0 unspecified atom stereocenters. The van der Waals surface area contributed by atoms with Gasteiger partial charge in [-0.25, -0.2) is 4.98 Å². The number of nitrogens with two attached hydrogens (primary N) is 1. The minimum Gasteiger partial charge on any atom is -0.335 e. The molecule has 3 aromatic rings. The van der Waals surface area contributed by atoms with Crippen molar-refractivity contribution in [2.75, 3.05) is 0 Å². The van der Waals surface area contributed by atoms with E-state index in [1.54, 1.807) is 10.5 Å². The molecular formula is C23H30N3O+. The van der Waals surface area contributed by atoms with Gasteiger partial charge in [-0.05, 0) is 30.5 Å². The number of hydrogen-bond acceptors (Lipinski definition) is 2. The molecule has 4 nitrogen and oxygen atoms in total. The Morgan fingerprint density at radius 1 is 1.11 bits per heavy atom. The average molecular weight is 365 g/mol. The van der Waals surface area contributed by atoms with E-state index in [9.17, 15) is 4.79 Å². The van der Waals surface area contributed by atoms with Crippen LogP contribution in [0.25, 0.3) is 5.65 Å². The minimum atomic E-state index is -0.0166. The molecular weight excluding hydrogens is 334 g/mol. The summed E-state index contributed by atoms with van der Waals surface area (Å²) in [5, 5.41) is 2.30. The molecule has 142 valence electrons. The summed E-state index contributed by atoms with van der Waals surface area (Å²) in [5.41, 5.74) is 5.30. The number of rotatable bonds is 7. The Labute approximate surface area is 161 Å². The van der Waals surface area contributed by atoms with Crippen molar-refractivity contribution in [3.63, 3.8) is 0 Å². The lowest BCUT2D eigenvalue weighted by Gasteiger charge is -2.20. The van der Waals surface area contributed by atoms with Crippen LogP contribution in [0.3, 0.4) is 0 Å². The molecule has 0 amide bonds. The van der Waals surface area contributed by atoms with Crippen LogP contribution in [0.2, 0.25) is 0 Å². The van der Waals surface area contributed by atoms with Crippen molar-refractivity contribution in [2.45, 2.75) is 53.1 Å². The number of aryl methyl sites for hydroxylation is 2. The number of pyridine rings is 1. The zero-order valence-corrected chi connectivity index (χ0v) is 16.8. The topological polar surface area (TPSA) is 51.0 Å². The van der Waals surface area contributed by atoms with Gasteiger partial charge in [-0.2, -0.15) is 0 Å². The predicted molar refractivity (Wildman–Crippen MR) is 110 cm³/mol. The largest absolute Gasteiger partial charge is 0.335 e. The molecule has 1 atom stereocenters. The lowest BCUT2D eigenvalue weighted by Crippen LogP contribution is -2.84. The van der Waals surface area contributed by atoms with Crippen molar-refractivity contribution >= 4 is 5.65 Å². The average Bonchev–Trinajstić information content (AvgIpc) is 2.64. The summed E-state index contributed by atoms with van der Waals surface area (Å²) in [7, 11) is 0. The molecule has 2 heterocycles. The molecule has 0 saturated carbocycles. The second-order valence-corrected chi connectivity index (χ2v) is 7.72. The van der Waals surface area contributed by atoms with Crippen molar-refractivity contribution in [3.8, 4) is 0 Å². The van der Waals surface area contributed by atoms with Crippen LogP contribution in [0.15, 0.2) is 53.5 Å². The van der Waals surface area contributed by atoms with Gasteiger partial charge in [0.05, 0.1) is 0 Å². The predicted octanol–water partition coefficient (Wildman–Crippen LogP) is 3.42. The van der Waals surface area contributed by atoms with Gasteiger partial charge in [-0.15, -0.1) is 0 Å². The van der Waals surface area contributed by atoms with E-state index in [1.807, 2.05) is 25.3 Å². The summed E-state index contributed by atoms with van der Waals surface area (Å²) in [5.74, 6) is 0.492.